The summed E-state index contributed by atoms with van der Waals surface area (Å²) in [6, 6.07) is 5.07. The zero-order valence-electron chi connectivity index (χ0n) is 10.1. The van der Waals surface area contributed by atoms with Gasteiger partial charge in [0.2, 0.25) is 0 Å². The molecule has 0 saturated heterocycles. The molecule has 0 aliphatic rings. The van der Waals surface area contributed by atoms with Gasteiger partial charge in [-0.15, -0.1) is 11.3 Å². The number of ether oxygens (including phenoxy) is 1. The van der Waals surface area contributed by atoms with Crippen LogP contribution in [0.5, 0.6) is 0 Å². The number of esters is 1. The summed E-state index contributed by atoms with van der Waals surface area (Å²) in [5.41, 5.74) is 6.45. The fourth-order valence-corrected chi connectivity index (χ4v) is 2.52. The maximum atomic E-state index is 13.2. The highest BCUT2D eigenvalue weighted by Crippen LogP contribution is 2.34. The van der Waals surface area contributed by atoms with Crippen molar-refractivity contribution >= 4 is 23.0 Å². The van der Waals surface area contributed by atoms with E-state index in [9.17, 15) is 13.6 Å². The average Bonchev–Trinajstić information content (AvgIpc) is 2.75. The van der Waals surface area contributed by atoms with E-state index in [0.717, 1.165) is 23.5 Å². The quantitative estimate of drug-likeness (QED) is 0.878. The number of rotatable bonds is 3. The number of carbonyl (C=O) groups is 1. The van der Waals surface area contributed by atoms with E-state index < -0.39 is 17.6 Å². The predicted octanol–water partition coefficient (Wildman–Crippen LogP) is 3.45. The molecule has 0 aliphatic heterocycles. The highest BCUT2D eigenvalue weighted by Gasteiger charge is 2.17. The molecular formula is C13H11F2NO2S. The second-order valence-electron chi connectivity index (χ2n) is 3.74. The predicted molar refractivity (Wildman–Crippen MR) is 70.0 cm³/mol. The molecule has 0 atom stereocenters. The fraction of sp³-hybridized carbons (Fsp3) is 0.154. The molecule has 1 heterocycles. The third-order valence-corrected chi connectivity index (χ3v) is 3.61. The topological polar surface area (TPSA) is 52.3 Å². The monoisotopic (exact) mass is 283 g/mol. The summed E-state index contributed by atoms with van der Waals surface area (Å²) < 4.78 is 30.9. The molecule has 1 aromatic heterocycles. The van der Waals surface area contributed by atoms with Crippen LogP contribution in [0.3, 0.4) is 0 Å². The SMILES string of the molecule is CCOC(=O)c1sc(-c2ccc(F)c(F)c2)cc1N. The van der Waals surface area contributed by atoms with E-state index in [1.165, 1.54) is 6.07 Å². The van der Waals surface area contributed by atoms with Gasteiger partial charge in [-0.05, 0) is 30.7 Å². The highest BCUT2D eigenvalue weighted by atomic mass is 32.1. The Labute approximate surface area is 112 Å². The van der Waals surface area contributed by atoms with Gasteiger partial charge in [-0.25, -0.2) is 13.6 Å². The first-order chi connectivity index (χ1) is 9.02. The first kappa shape index (κ1) is 13.5. The third-order valence-electron chi connectivity index (χ3n) is 2.43. The Balaban J connectivity index is 2.38. The van der Waals surface area contributed by atoms with Crippen molar-refractivity contribution in [2.24, 2.45) is 0 Å². The van der Waals surface area contributed by atoms with Gasteiger partial charge in [0.1, 0.15) is 4.88 Å². The summed E-state index contributed by atoms with van der Waals surface area (Å²) in [5, 5.41) is 0. The van der Waals surface area contributed by atoms with E-state index in [4.69, 9.17) is 10.5 Å². The van der Waals surface area contributed by atoms with Crippen molar-refractivity contribution in [3.63, 3.8) is 0 Å². The largest absolute Gasteiger partial charge is 0.462 e. The molecule has 100 valence electrons. The van der Waals surface area contributed by atoms with Crippen molar-refractivity contribution in [3.8, 4) is 10.4 Å². The summed E-state index contributed by atoms with van der Waals surface area (Å²) in [4.78, 5) is 12.5. The van der Waals surface area contributed by atoms with E-state index in [-0.39, 0.29) is 17.2 Å². The Bertz CT molecular complexity index is 625. The van der Waals surface area contributed by atoms with Gasteiger partial charge < -0.3 is 10.5 Å². The number of benzene rings is 1. The summed E-state index contributed by atoms with van der Waals surface area (Å²) in [6.45, 7) is 1.94. The van der Waals surface area contributed by atoms with E-state index in [1.807, 2.05) is 0 Å². The molecule has 0 saturated carbocycles. The van der Waals surface area contributed by atoms with Crippen molar-refractivity contribution < 1.29 is 18.3 Å². The van der Waals surface area contributed by atoms with Crippen molar-refractivity contribution in [1.82, 2.24) is 0 Å². The second-order valence-corrected chi connectivity index (χ2v) is 4.80. The van der Waals surface area contributed by atoms with Crippen molar-refractivity contribution in [3.05, 3.63) is 40.8 Å². The molecule has 0 aliphatic carbocycles. The van der Waals surface area contributed by atoms with Crippen molar-refractivity contribution in [2.45, 2.75) is 6.92 Å². The molecule has 0 amide bonds. The molecule has 1 aromatic carbocycles. The van der Waals surface area contributed by atoms with E-state index in [2.05, 4.69) is 0 Å². The van der Waals surface area contributed by atoms with E-state index in [0.29, 0.717) is 10.4 Å². The third kappa shape index (κ3) is 2.73. The van der Waals surface area contributed by atoms with Gasteiger partial charge in [0.25, 0.3) is 0 Å². The summed E-state index contributed by atoms with van der Waals surface area (Å²) >= 11 is 1.09. The first-order valence-electron chi connectivity index (χ1n) is 5.54. The van der Waals surface area contributed by atoms with Crippen LogP contribution in [0.25, 0.3) is 10.4 Å². The maximum absolute atomic E-state index is 13.2. The lowest BCUT2D eigenvalue weighted by Gasteiger charge is -1.99. The van der Waals surface area contributed by atoms with Crippen LogP contribution in [0.2, 0.25) is 0 Å². The number of carbonyl (C=O) groups excluding carboxylic acids is 1. The number of hydrogen-bond donors (Lipinski definition) is 1. The molecule has 0 spiro atoms. The minimum absolute atomic E-state index is 0.247. The Morgan fingerprint density at radius 2 is 2.05 bits per heavy atom. The number of anilines is 1. The van der Waals surface area contributed by atoms with Gasteiger partial charge >= 0.3 is 5.97 Å². The van der Waals surface area contributed by atoms with Gasteiger partial charge in [0, 0.05) is 4.88 Å². The maximum Gasteiger partial charge on any atom is 0.350 e. The van der Waals surface area contributed by atoms with Gasteiger partial charge in [-0.3, -0.25) is 0 Å². The van der Waals surface area contributed by atoms with Crippen LogP contribution in [-0.2, 0) is 4.74 Å². The molecule has 0 bridgehead atoms. The second kappa shape index (κ2) is 5.36. The number of nitrogens with two attached hydrogens (primary N) is 1. The van der Waals surface area contributed by atoms with Crippen molar-refractivity contribution in [1.29, 1.82) is 0 Å². The molecular weight excluding hydrogens is 272 g/mol. The lowest BCUT2D eigenvalue weighted by Crippen LogP contribution is -2.04. The Morgan fingerprint density at radius 1 is 1.32 bits per heavy atom. The van der Waals surface area contributed by atoms with Crippen LogP contribution in [-0.4, -0.2) is 12.6 Å². The Hall–Kier alpha value is -1.95. The summed E-state index contributed by atoms with van der Waals surface area (Å²) in [6.07, 6.45) is 0. The lowest BCUT2D eigenvalue weighted by molar-refractivity contribution is 0.0533. The molecule has 0 fully saturated rings. The van der Waals surface area contributed by atoms with Crippen LogP contribution in [0.15, 0.2) is 24.3 Å². The molecule has 6 heteroatoms. The lowest BCUT2D eigenvalue weighted by atomic mass is 10.2. The molecule has 0 unspecified atom stereocenters. The molecule has 2 aromatic rings. The van der Waals surface area contributed by atoms with Crippen LogP contribution >= 0.6 is 11.3 Å². The zero-order valence-corrected chi connectivity index (χ0v) is 10.9. The normalized spacial score (nSPS) is 10.5. The van der Waals surface area contributed by atoms with Crippen LogP contribution in [0, 0.1) is 11.6 Å². The van der Waals surface area contributed by atoms with Gasteiger partial charge in [-0.1, -0.05) is 6.07 Å². The van der Waals surface area contributed by atoms with Gasteiger partial charge in [-0.2, -0.15) is 0 Å². The minimum atomic E-state index is -0.942. The van der Waals surface area contributed by atoms with Crippen LogP contribution in [0.4, 0.5) is 14.5 Å². The summed E-state index contributed by atoms with van der Waals surface area (Å²) in [5.74, 6) is -2.38. The number of thiophene rings is 1. The van der Waals surface area contributed by atoms with E-state index in [1.54, 1.807) is 13.0 Å². The molecule has 19 heavy (non-hydrogen) atoms. The fourth-order valence-electron chi connectivity index (χ4n) is 1.55. The van der Waals surface area contributed by atoms with E-state index >= 15 is 0 Å². The molecule has 3 nitrogen and oxygen atoms in total. The van der Waals surface area contributed by atoms with Crippen LogP contribution in [0.1, 0.15) is 16.6 Å². The molecule has 2 rings (SSSR count). The van der Waals surface area contributed by atoms with Gasteiger partial charge in [0.05, 0.1) is 12.3 Å². The highest BCUT2D eigenvalue weighted by molar-refractivity contribution is 7.18. The molecule has 2 N–H and O–H groups in total. The number of hydrogen-bond acceptors (Lipinski definition) is 4. The molecule has 0 radical (unpaired) electrons. The van der Waals surface area contributed by atoms with Gasteiger partial charge in [0.15, 0.2) is 11.6 Å². The number of halogens is 2. The van der Waals surface area contributed by atoms with Crippen LogP contribution < -0.4 is 5.73 Å². The smallest absolute Gasteiger partial charge is 0.350 e. The average molecular weight is 283 g/mol. The van der Waals surface area contributed by atoms with Crippen molar-refractivity contribution in [2.75, 3.05) is 12.3 Å². The standard InChI is InChI=1S/C13H11F2NO2S/c1-2-18-13(17)12-10(16)6-11(19-12)7-3-4-8(14)9(15)5-7/h3-6H,2,16H2,1H3. The zero-order chi connectivity index (χ0) is 14.0. The number of nitrogen functional groups attached to an aromatic ring is 1. The summed E-state index contributed by atoms with van der Waals surface area (Å²) in [7, 11) is 0. The Morgan fingerprint density at radius 3 is 2.68 bits per heavy atom. The minimum Gasteiger partial charge on any atom is -0.462 e. The Kier molecular flexibility index (Phi) is 3.80. The first-order valence-corrected chi connectivity index (χ1v) is 6.36.